The minimum Gasteiger partial charge on any atom is -0.390 e. The van der Waals surface area contributed by atoms with Crippen LogP contribution in [0.3, 0.4) is 0 Å². The van der Waals surface area contributed by atoms with Crippen molar-refractivity contribution in [2.24, 2.45) is 0 Å². The lowest BCUT2D eigenvalue weighted by Crippen LogP contribution is -2.50. The van der Waals surface area contributed by atoms with Gasteiger partial charge in [-0.1, -0.05) is 42.5 Å². The molecule has 0 bridgehead atoms. The van der Waals surface area contributed by atoms with Gasteiger partial charge in [0.15, 0.2) is 0 Å². The average molecular weight is 388 g/mol. The van der Waals surface area contributed by atoms with Gasteiger partial charge in [-0.25, -0.2) is 9.78 Å². The fourth-order valence-electron chi connectivity index (χ4n) is 5.00. The molecule has 5 rings (SSSR count). The predicted octanol–water partition coefficient (Wildman–Crippen LogP) is 3.41. The zero-order valence-corrected chi connectivity index (χ0v) is 16.1. The molecule has 0 saturated carbocycles. The van der Waals surface area contributed by atoms with Crippen LogP contribution < -0.4 is 5.32 Å². The van der Waals surface area contributed by atoms with Crippen molar-refractivity contribution in [3.05, 3.63) is 84.4 Å². The lowest BCUT2D eigenvalue weighted by atomic mass is 9.72. The highest BCUT2D eigenvalue weighted by atomic mass is 16.3. The molecule has 1 aliphatic carbocycles. The second kappa shape index (κ2) is 7.04. The zero-order valence-electron chi connectivity index (χ0n) is 16.1. The summed E-state index contributed by atoms with van der Waals surface area (Å²) < 4.78 is 1.99. The van der Waals surface area contributed by atoms with Gasteiger partial charge in [0, 0.05) is 36.6 Å². The summed E-state index contributed by atoms with van der Waals surface area (Å²) in [4.78, 5) is 18.7. The van der Waals surface area contributed by atoms with Crippen molar-refractivity contribution in [1.82, 2.24) is 14.5 Å². The van der Waals surface area contributed by atoms with E-state index in [2.05, 4.69) is 22.4 Å². The third-order valence-corrected chi connectivity index (χ3v) is 6.50. The number of hydrogen-bond acceptors (Lipinski definition) is 3. The molecule has 2 aromatic carbocycles. The Morgan fingerprint density at radius 1 is 1.07 bits per heavy atom. The number of aromatic nitrogens is 2. The summed E-state index contributed by atoms with van der Waals surface area (Å²) in [5, 5.41) is 14.4. The number of urea groups is 1. The van der Waals surface area contributed by atoms with Crippen molar-refractivity contribution < 1.29 is 9.90 Å². The molecular formula is C23H24N4O2. The van der Waals surface area contributed by atoms with Crippen LogP contribution in [0.2, 0.25) is 0 Å². The van der Waals surface area contributed by atoms with Gasteiger partial charge in [-0.15, -0.1) is 0 Å². The van der Waals surface area contributed by atoms with Crippen LogP contribution in [0.4, 0.5) is 10.5 Å². The van der Waals surface area contributed by atoms with E-state index in [0.717, 1.165) is 24.1 Å². The maximum Gasteiger partial charge on any atom is 0.321 e. The Morgan fingerprint density at radius 2 is 1.79 bits per heavy atom. The van der Waals surface area contributed by atoms with Gasteiger partial charge < -0.3 is 19.9 Å². The van der Waals surface area contributed by atoms with E-state index in [0.29, 0.717) is 13.1 Å². The highest BCUT2D eigenvalue weighted by molar-refractivity contribution is 5.89. The summed E-state index contributed by atoms with van der Waals surface area (Å²) in [7, 11) is 0. The van der Waals surface area contributed by atoms with Crippen LogP contribution in [0.1, 0.15) is 30.0 Å². The fraction of sp³-hybridized carbons (Fsp3) is 0.304. The largest absolute Gasteiger partial charge is 0.390 e. The molecule has 1 aliphatic heterocycles. The number of piperidine rings is 1. The van der Waals surface area contributed by atoms with E-state index in [9.17, 15) is 9.90 Å². The van der Waals surface area contributed by atoms with Gasteiger partial charge in [0.05, 0.1) is 18.5 Å². The zero-order chi connectivity index (χ0) is 19.8. The van der Waals surface area contributed by atoms with Crippen LogP contribution in [0.15, 0.2) is 73.3 Å². The molecule has 0 radical (unpaired) electrons. The molecule has 2 N–H and O–H groups in total. The van der Waals surface area contributed by atoms with Gasteiger partial charge in [0.25, 0.3) is 0 Å². The molecule has 148 valence electrons. The molecule has 2 aliphatic rings. The van der Waals surface area contributed by atoms with E-state index >= 15 is 0 Å². The molecule has 1 spiro atoms. The van der Waals surface area contributed by atoms with Crippen molar-refractivity contribution in [2.75, 3.05) is 18.4 Å². The van der Waals surface area contributed by atoms with Gasteiger partial charge in [0.1, 0.15) is 0 Å². The van der Waals surface area contributed by atoms with E-state index in [4.69, 9.17) is 0 Å². The van der Waals surface area contributed by atoms with E-state index in [1.807, 2.05) is 58.1 Å². The lowest BCUT2D eigenvalue weighted by molar-refractivity contribution is 0.0300. The van der Waals surface area contributed by atoms with Crippen LogP contribution in [-0.4, -0.2) is 44.8 Å². The minimum atomic E-state index is -0.548. The van der Waals surface area contributed by atoms with E-state index in [1.54, 1.807) is 12.5 Å². The predicted molar refractivity (Wildman–Crippen MR) is 111 cm³/mol. The highest BCUT2D eigenvalue weighted by Gasteiger charge is 2.53. The Labute approximate surface area is 169 Å². The standard InChI is InChI=1S/C23H24N4O2/c28-21-20(27-15-12-24-16-27)18-8-4-5-9-19(18)23(21)10-13-26(14-11-23)22(29)25-17-6-2-1-3-7-17/h1-9,12,15-16,20-21,28H,10-11,13-14H2,(H,25,29)/t20-,21+/m0/s1. The Hall–Kier alpha value is -3.12. The number of hydrogen-bond donors (Lipinski definition) is 2. The molecular weight excluding hydrogens is 364 g/mol. The Kier molecular flexibility index (Phi) is 4.36. The summed E-state index contributed by atoms with van der Waals surface area (Å²) in [6.45, 7) is 1.22. The summed E-state index contributed by atoms with van der Waals surface area (Å²) in [5.74, 6) is 0. The number of imidazole rings is 1. The molecule has 1 aromatic heterocycles. The number of anilines is 1. The molecule has 6 nitrogen and oxygen atoms in total. The van der Waals surface area contributed by atoms with E-state index in [1.165, 1.54) is 5.56 Å². The van der Waals surface area contributed by atoms with Crippen LogP contribution in [0, 0.1) is 0 Å². The van der Waals surface area contributed by atoms with Gasteiger partial charge in [-0.2, -0.15) is 0 Å². The van der Waals surface area contributed by atoms with Crippen molar-refractivity contribution in [3.63, 3.8) is 0 Å². The van der Waals surface area contributed by atoms with Crippen molar-refractivity contribution in [1.29, 1.82) is 0 Å². The second-order valence-electron chi connectivity index (χ2n) is 7.93. The van der Waals surface area contributed by atoms with Crippen LogP contribution in [0.5, 0.6) is 0 Å². The molecule has 0 unspecified atom stereocenters. The van der Waals surface area contributed by atoms with Crippen molar-refractivity contribution in [2.45, 2.75) is 30.4 Å². The molecule has 2 atom stereocenters. The monoisotopic (exact) mass is 388 g/mol. The number of carbonyl (C=O) groups is 1. The molecule has 2 amide bonds. The summed E-state index contributed by atoms with van der Waals surface area (Å²) in [6, 6.07) is 17.6. The van der Waals surface area contributed by atoms with Crippen LogP contribution >= 0.6 is 0 Å². The fourth-order valence-corrected chi connectivity index (χ4v) is 5.00. The van der Waals surface area contributed by atoms with Crippen molar-refractivity contribution >= 4 is 11.7 Å². The van der Waals surface area contributed by atoms with Gasteiger partial charge in [-0.3, -0.25) is 0 Å². The molecule has 3 aromatic rings. The normalized spacial score (nSPS) is 22.4. The topological polar surface area (TPSA) is 70.4 Å². The number of fused-ring (bicyclic) bond motifs is 2. The Morgan fingerprint density at radius 3 is 2.52 bits per heavy atom. The summed E-state index contributed by atoms with van der Waals surface area (Å²) in [5.41, 5.74) is 2.81. The smallest absolute Gasteiger partial charge is 0.321 e. The van der Waals surface area contributed by atoms with E-state index in [-0.39, 0.29) is 17.5 Å². The van der Waals surface area contributed by atoms with Gasteiger partial charge in [-0.05, 0) is 36.1 Å². The average Bonchev–Trinajstić information content (AvgIpc) is 3.36. The number of para-hydroxylation sites is 1. The Bertz CT molecular complexity index is 995. The number of carbonyl (C=O) groups excluding carboxylic acids is 1. The molecule has 2 heterocycles. The number of benzene rings is 2. The maximum atomic E-state index is 12.7. The number of aliphatic hydroxyl groups is 1. The summed E-state index contributed by atoms with van der Waals surface area (Å²) in [6.07, 6.45) is 6.35. The Balaban J connectivity index is 1.38. The third-order valence-electron chi connectivity index (χ3n) is 6.50. The number of aliphatic hydroxyl groups excluding tert-OH is 1. The number of amides is 2. The summed E-state index contributed by atoms with van der Waals surface area (Å²) >= 11 is 0. The van der Waals surface area contributed by atoms with Gasteiger partial charge >= 0.3 is 6.03 Å². The first kappa shape index (κ1) is 17.9. The molecule has 29 heavy (non-hydrogen) atoms. The van der Waals surface area contributed by atoms with Crippen LogP contribution in [0.25, 0.3) is 0 Å². The SMILES string of the molecule is O=C(Nc1ccccc1)N1CCC2(CC1)c1ccccc1[C@H](n1ccnc1)[C@H]2O. The lowest BCUT2D eigenvalue weighted by Gasteiger charge is -2.42. The van der Waals surface area contributed by atoms with Crippen LogP contribution in [-0.2, 0) is 5.41 Å². The maximum absolute atomic E-state index is 12.7. The quantitative estimate of drug-likeness (QED) is 0.707. The highest BCUT2D eigenvalue weighted by Crippen LogP contribution is 2.52. The molecule has 6 heteroatoms. The van der Waals surface area contributed by atoms with E-state index < -0.39 is 6.10 Å². The first-order valence-electron chi connectivity index (χ1n) is 10.0. The number of rotatable bonds is 2. The number of nitrogens with zero attached hydrogens (tertiary/aromatic N) is 3. The second-order valence-corrected chi connectivity index (χ2v) is 7.93. The van der Waals surface area contributed by atoms with Crippen molar-refractivity contribution in [3.8, 4) is 0 Å². The number of likely N-dealkylation sites (tertiary alicyclic amines) is 1. The first-order valence-corrected chi connectivity index (χ1v) is 10.0. The number of nitrogens with one attached hydrogen (secondary N) is 1. The minimum absolute atomic E-state index is 0.0852. The molecule has 1 fully saturated rings. The molecule has 1 saturated heterocycles. The van der Waals surface area contributed by atoms with Gasteiger partial charge in [0.2, 0.25) is 0 Å². The first-order chi connectivity index (χ1) is 14.2. The third kappa shape index (κ3) is 2.91.